The van der Waals surface area contributed by atoms with Crippen LogP contribution in [-0.2, 0) is 0 Å². The molecule has 0 amide bonds. The van der Waals surface area contributed by atoms with Gasteiger partial charge in [0.15, 0.2) is 0 Å². The van der Waals surface area contributed by atoms with Crippen molar-refractivity contribution in [2.75, 3.05) is 7.11 Å². The zero-order valence-corrected chi connectivity index (χ0v) is 9.16. The van der Waals surface area contributed by atoms with Crippen molar-refractivity contribution in [3.8, 4) is 11.4 Å². The molecule has 5 heteroatoms. The molecule has 2 aromatic rings. The summed E-state index contributed by atoms with van der Waals surface area (Å²) in [7, 11) is 1.58. The van der Waals surface area contributed by atoms with Crippen molar-refractivity contribution in [1.29, 1.82) is 0 Å². The minimum Gasteiger partial charge on any atom is -0.496 e. The van der Waals surface area contributed by atoms with Gasteiger partial charge < -0.3 is 9.84 Å². The Kier molecular flexibility index (Phi) is 2.87. The average molecular weight is 219 g/mol. The molecule has 16 heavy (non-hydrogen) atoms. The highest BCUT2D eigenvalue weighted by molar-refractivity contribution is 5.50. The van der Waals surface area contributed by atoms with Gasteiger partial charge in [0.25, 0.3) is 0 Å². The molecule has 0 unspecified atom stereocenters. The van der Waals surface area contributed by atoms with E-state index in [1.807, 2.05) is 18.2 Å². The van der Waals surface area contributed by atoms with Gasteiger partial charge in [-0.25, -0.2) is 9.67 Å². The van der Waals surface area contributed by atoms with Crippen LogP contribution in [0.4, 0.5) is 0 Å². The van der Waals surface area contributed by atoms with Crippen LogP contribution >= 0.6 is 0 Å². The lowest BCUT2D eigenvalue weighted by Crippen LogP contribution is -2.05. The summed E-state index contributed by atoms with van der Waals surface area (Å²) in [5, 5.41) is 13.8. The highest BCUT2D eigenvalue weighted by Gasteiger charge is 2.15. The summed E-state index contributed by atoms with van der Waals surface area (Å²) in [5.41, 5.74) is 1.47. The first kappa shape index (κ1) is 10.6. The number of rotatable bonds is 3. The zero-order valence-electron chi connectivity index (χ0n) is 9.16. The Hall–Kier alpha value is -1.88. The third-order valence-corrected chi connectivity index (χ3v) is 2.35. The third-order valence-electron chi connectivity index (χ3n) is 2.35. The molecular formula is C11H13N3O2. The second kappa shape index (κ2) is 4.32. The van der Waals surface area contributed by atoms with E-state index in [2.05, 4.69) is 10.1 Å². The summed E-state index contributed by atoms with van der Waals surface area (Å²) >= 11 is 0. The summed E-state index contributed by atoms with van der Waals surface area (Å²) in [5.74, 6) is 0.642. The van der Waals surface area contributed by atoms with E-state index < -0.39 is 6.10 Å². The number of aliphatic hydroxyl groups is 1. The number of hydrogen-bond donors (Lipinski definition) is 1. The van der Waals surface area contributed by atoms with Gasteiger partial charge in [0.2, 0.25) is 0 Å². The maximum absolute atomic E-state index is 9.77. The van der Waals surface area contributed by atoms with Gasteiger partial charge in [0.1, 0.15) is 18.4 Å². The molecule has 84 valence electrons. The molecule has 5 nitrogen and oxygen atoms in total. The van der Waals surface area contributed by atoms with Crippen LogP contribution in [0.25, 0.3) is 5.69 Å². The fraction of sp³-hybridized carbons (Fsp3) is 0.273. The van der Waals surface area contributed by atoms with Crippen molar-refractivity contribution in [3.05, 3.63) is 36.4 Å². The van der Waals surface area contributed by atoms with E-state index in [-0.39, 0.29) is 0 Å². The monoisotopic (exact) mass is 219 g/mol. The van der Waals surface area contributed by atoms with E-state index in [0.29, 0.717) is 11.3 Å². The molecular weight excluding hydrogens is 206 g/mol. The van der Waals surface area contributed by atoms with Crippen LogP contribution in [0.5, 0.6) is 5.75 Å². The molecule has 1 atom stereocenters. The fourth-order valence-electron chi connectivity index (χ4n) is 1.66. The second-order valence-corrected chi connectivity index (χ2v) is 3.41. The third kappa shape index (κ3) is 1.77. The summed E-state index contributed by atoms with van der Waals surface area (Å²) < 4.78 is 6.83. The quantitative estimate of drug-likeness (QED) is 0.846. The number of aliphatic hydroxyl groups excluding tert-OH is 1. The Morgan fingerprint density at radius 3 is 2.81 bits per heavy atom. The Morgan fingerprint density at radius 2 is 2.25 bits per heavy atom. The molecule has 1 aromatic heterocycles. The molecule has 1 aromatic carbocycles. The number of aromatic nitrogens is 3. The van der Waals surface area contributed by atoms with Crippen molar-refractivity contribution in [3.63, 3.8) is 0 Å². The van der Waals surface area contributed by atoms with Gasteiger partial charge in [0, 0.05) is 5.56 Å². The Morgan fingerprint density at radius 1 is 1.44 bits per heavy atom. The standard InChI is InChI=1S/C11H13N3O2/c1-8(15)11-9(14-7-12-6-13-14)4-3-5-10(11)16-2/h3-8,15H,1-2H3/t8-/m0/s1. The van der Waals surface area contributed by atoms with E-state index in [1.54, 1.807) is 25.0 Å². The van der Waals surface area contributed by atoms with Gasteiger partial charge in [-0.3, -0.25) is 0 Å². The van der Waals surface area contributed by atoms with Gasteiger partial charge in [-0.2, -0.15) is 5.10 Å². The first-order valence-electron chi connectivity index (χ1n) is 4.94. The molecule has 0 spiro atoms. The molecule has 0 aliphatic heterocycles. The minimum atomic E-state index is -0.629. The van der Waals surface area contributed by atoms with Crippen molar-refractivity contribution in [2.45, 2.75) is 13.0 Å². The van der Waals surface area contributed by atoms with E-state index >= 15 is 0 Å². The highest BCUT2D eigenvalue weighted by Crippen LogP contribution is 2.30. The maximum Gasteiger partial charge on any atom is 0.138 e. The van der Waals surface area contributed by atoms with Crippen LogP contribution in [0.15, 0.2) is 30.9 Å². The number of ether oxygens (including phenoxy) is 1. The molecule has 0 fully saturated rings. The molecule has 0 saturated carbocycles. The summed E-state index contributed by atoms with van der Waals surface area (Å²) in [6, 6.07) is 5.52. The first-order valence-corrected chi connectivity index (χ1v) is 4.94. The van der Waals surface area contributed by atoms with Crippen LogP contribution in [0, 0.1) is 0 Å². The molecule has 0 radical (unpaired) electrons. The molecule has 2 rings (SSSR count). The topological polar surface area (TPSA) is 60.2 Å². The Balaban J connectivity index is 2.61. The molecule has 1 N–H and O–H groups in total. The summed E-state index contributed by atoms with van der Waals surface area (Å²) in [4.78, 5) is 3.88. The van der Waals surface area contributed by atoms with E-state index in [0.717, 1.165) is 5.69 Å². The summed E-state index contributed by atoms with van der Waals surface area (Å²) in [6.45, 7) is 1.69. The van der Waals surface area contributed by atoms with Crippen LogP contribution in [0.3, 0.4) is 0 Å². The van der Waals surface area contributed by atoms with E-state index in [1.165, 1.54) is 6.33 Å². The van der Waals surface area contributed by atoms with Crippen LogP contribution in [-0.4, -0.2) is 27.0 Å². The lowest BCUT2D eigenvalue weighted by molar-refractivity contribution is 0.194. The molecule has 0 aliphatic rings. The highest BCUT2D eigenvalue weighted by atomic mass is 16.5. The Labute approximate surface area is 93.3 Å². The lowest BCUT2D eigenvalue weighted by Gasteiger charge is -2.15. The predicted molar refractivity (Wildman–Crippen MR) is 58.5 cm³/mol. The number of hydrogen-bond acceptors (Lipinski definition) is 4. The van der Waals surface area contributed by atoms with E-state index in [4.69, 9.17) is 4.74 Å². The van der Waals surface area contributed by atoms with E-state index in [9.17, 15) is 5.11 Å². The van der Waals surface area contributed by atoms with Gasteiger partial charge in [-0.15, -0.1) is 0 Å². The maximum atomic E-state index is 9.77. The second-order valence-electron chi connectivity index (χ2n) is 3.41. The Bertz CT molecular complexity index is 466. The molecule has 0 saturated heterocycles. The van der Waals surface area contributed by atoms with Gasteiger partial charge in [-0.1, -0.05) is 6.07 Å². The van der Waals surface area contributed by atoms with Gasteiger partial charge in [-0.05, 0) is 19.1 Å². The normalized spacial score (nSPS) is 12.4. The number of nitrogens with zero attached hydrogens (tertiary/aromatic N) is 3. The SMILES string of the molecule is COc1cccc(-n2cncn2)c1[C@H](C)O. The number of methoxy groups -OCH3 is 1. The van der Waals surface area contributed by atoms with Gasteiger partial charge in [0.05, 0.1) is 18.9 Å². The molecule has 1 heterocycles. The average Bonchev–Trinajstić information content (AvgIpc) is 2.81. The van der Waals surface area contributed by atoms with Crippen LogP contribution in [0.2, 0.25) is 0 Å². The molecule has 0 bridgehead atoms. The zero-order chi connectivity index (χ0) is 11.5. The number of benzene rings is 1. The van der Waals surface area contributed by atoms with Crippen molar-refractivity contribution >= 4 is 0 Å². The van der Waals surface area contributed by atoms with Gasteiger partial charge >= 0.3 is 0 Å². The molecule has 0 aliphatic carbocycles. The fourth-order valence-corrected chi connectivity index (χ4v) is 1.66. The smallest absolute Gasteiger partial charge is 0.138 e. The van der Waals surface area contributed by atoms with Crippen molar-refractivity contribution < 1.29 is 9.84 Å². The summed E-state index contributed by atoms with van der Waals surface area (Å²) in [6.07, 6.45) is 2.40. The lowest BCUT2D eigenvalue weighted by atomic mass is 10.1. The van der Waals surface area contributed by atoms with Crippen LogP contribution < -0.4 is 4.74 Å². The largest absolute Gasteiger partial charge is 0.496 e. The van der Waals surface area contributed by atoms with Crippen molar-refractivity contribution in [1.82, 2.24) is 14.8 Å². The van der Waals surface area contributed by atoms with Crippen molar-refractivity contribution in [2.24, 2.45) is 0 Å². The predicted octanol–water partition coefficient (Wildman–Crippen LogP) is 1.33. The minimum absolute atomic E-state index is 0.629. The first-order chi connectivity index (χ1) is 7.74. The van der Waals surface area contributed by atoms with Crippen LogP contribution in [0.1, 0.15) is 18.6 Å².